The number of hydrogen-bond acceptors (Lipinski definition) is 1. The van der Waals surface area contributed by atoms with Crippen molar-refractivity contribution in [3.63, 3.8) is 0 Å². The molecule has 2 heterocycles. The molecule has 0 unspecified atom stereocenters. The molecule has 0 atom stereocenters. The van der Waals surface area contributed by atoms with E-state index in [1.165, 1.54) is 43.7 Å². The first-order valence-corrected chi connectivity index (χ1v) is 7.85. The van der Waals surface area contributed by atoms with E-state index in [1.807, 2.05) is 12.4 Å². The third-order valence-electron chi connectivity index (χ3n) is 4.63. The topological polar surface area (TPSA) is 17.8 Å². The van der Waals surface area contributed by atoms with Crippen LogP contribution in [0.15, 0.2) is 42.7 Å². The van der Waals surface area contributed by atoms with E-state index >= 15 is 0 Å². The van der Waals surface area contributed by atoms with E-state index in [-0.39, 0.29) is 0 Å². The average Bonchev–Trinajstić information content (AvgIpc) is 2.82. The molecule has 0 N–H and O–H groups in total. The van der Waals surface area contributed by atoms with Crippen LogP contribution in [0.4, 0.5) is 0 Å². The van der Waals surface area contributed by atoms with Crippen molar-refractivity contribution in [2.24, 2.45) is 0 Å². The highest BCUT2D eigenvalue weighted by molar-refractivity contribution is 6.14. The van der Waals surface area contributed by atoms with Gasteiger partial charge in [0.25, 0.3) is 0 Å². The standard InChI is InChI=1S/C20H20N2/c1-12(2)22-19-6-5-13(3)9-17(19)18-10-15-11-21-8-7-16(15)14(4)20(18)22/h5-12H,1-4H3. The zero-order chi connectivity index (χ0) is 15.4. The molecule has 2 nitrogen and oxygen atoms in total. The molecule has 22 heavy (non-hydrogen) atoms. The summed E-state index contributed by atoms with van der Waals surface area (Å²) in [6, 6.07) is 11.6. The number of nitrogens with zero attached hydrogens (tertiary/aromatic N) is 2. The number of hydrogen-bond donors (Lipinski definition) is 0. The van der Waals surface area contributed by atoms with Gasteiger partial charge in [-0.2, -0.15) is 0 Å². The molecule has 0 saturated carbocycles. The Morgan fingerprint density at radius 3 is 2.55 bits per heavy atom. The van der Waals surface area contributed by atoms with Gasteiger partial charge in [-0.3, -0.25) is 4.98 Å². The molecule has 0 radical (unpaired) electrons. The van der Waals surface area contributed by atoms with E-state index in [2.05, 4.69) is 67.6 Å². The molecule has 0 bridgehead atoms. The van der Waals surface area contributed by atoms with Crippen LogP contribution in [0.5, 0.6) is 0 Å². The summed E-state index contributed by atoms with van der Waals surface area (Å²) in [5.74, 6) is 0. The summed E-state index contributed by atoms with van der Waals surface area (Å²) < 4.78 is 2.47. The van der Waals surface area contributed by atoms with Gasteiger partial charge in [0, 0.05) is 40.1 Å². The Morgan fingerprint density at radius 1 is 0.955 bits per heavy atom. The quantitative estimate of drug-likeness (QED) is 0.449. The second-order valence-corrected chi connectivity index (χ2v) is 6.48. The van der Waals surface area contributed by atoms with Crippen LogP contribution in [0, 0.1) is 13.8 Å². The molecule has 0 aliphatic rings. The van der Waals surface area contributed by atoms with Crippen molar-refractivity contribution in [2.45, 2.75) is 33.7 Å². The maximum Gasteiger partial charge on any atom is 0.0529 e. The van der Waals surface area contributed by atoms with Crippen LogP contribution in [0.3, 0.4) is 0 Å². The van der Waals surface area contributed by atoms with Crippen LogP contribution < -0.4 is 0 Å². The summed E-state index contributed by atoms with van der Waals surface area (Å²) in [6.45, 7) is 8.91. The summed E-state index contributed by atoms with van der Waals surface area (Å²) in [5.41, 5.74) is 5.33. The Morgan fingerprint density at radius 2 is 1.77 bits per heavy atom. The van der Waals surface area contributed by atoms with Crippen LogP contribution in [0.1, 0.15) is 31.0 Å². The van der Waals surface area contributed by atoms with E-state index < -0.39 is 0 Å². The highest BCUT2D eigenvalue weighted by Gasteiger charge is 2.16. The van der Waals surface area contributed by atoms with Gasteiger partial charge in [-0.25, -0.2) is 0 Å². The number of aryl methyl sites for hydroxylation is 2. The van der Waals surface area contributed by atoms with Crippen LogP contribution in [0.2, 0.25) is 0 Å². The summed E-state index contributed by atoms with van der Waals surface area (Å²) in [7, 11) is 0. The molecule has 2 aromatic carbocycles. The van der Waals surface area contributed by atoms with Crippen LogP contribution >= 0.6 is 0 Å². The highest BCUT2D eigenvalue weighted by Crippen LogP contribution is 2.37. The predicted octanol–water partition coefficient (Wildman–Crippen LogP) is 5.54. The molecule has 0 amide bonds. The number of fused-ring (bicyclic) bond motifs is 4. The fourth-order valence-corrected chi connectivity index (χ4v) is 3.66. The summed E-state index contributed by atoms with van der Waals surface area (Å²) in [4.78, 5) is 4.29. The monoisotopic (exact) mass is 288 g/mol. The van der Waals surface area contributed by atoms with E-state index in [1.54, 1.807) is 0 Å². The van der Waals surface area contributed by atoms with Crippen molar-refractivity contribution in [1.29, 1.82) is 0 Å². The van der Waals surface area contributed by atoms with Gasteiger partial charge in [0.1, 0.15) is 0 Å². The first-order valence-electron chi connectivity index (χ1n) is 7.85. The first-order chi connectivity index (χ1) is 10.6. The fraction of sp³-hybridized carbons (Fsp3) is 0.250. The van der Waals surface area contributed by atoms with E-state index in [9.17, 15) is 0 Å². The first kappa shape index (κ1) is 13.3. The third kappa shape index (κ3) is 1.70. The fourth-order valence-electron chi connectivity index (χ4n) is 3.66. The number of benzene rings is 2. The Labute approximate surface area is 130 Å². The molecule has 0 aliphatic heterocycles. The van der Waals surface area contributed by atoms with Crippen molar-refractivity contribution in [3.8, 4) is 0 Å². The number of aromatic nitrogens is 2. The van der Waals surface area contributed by atoms with Crippen molar-refractivity contribution in [3.05, 3.63) is 53.9 Å². The zero-order valence-electron chi connectivity index (χ0n) is 13.5. The second kappa shape index (κ2) is 4.57. The van der Waals surface area contributed by atoms with E-state index in [0.29, 0.717) is 6.04 Å². The minimum absolute atomic E-state index is 0.431. The maximum atomic E-state index is 4.29. The summed E-state index contributed by atoms with van der Waals surface area (Å²) >= 11 is 0. The van der Waals surface area contributed by atoms with Crippen LogP contribution in [-0.4, -0.2) is 9.55 Å². The molecule has 0 spiro atoms. The van der Waals surface area contributed by atoms with Gasteiger partial charge >= 0.3 is 0 Å². The maximum absolute atomic E-state index is 4.29. The molecule has 0 fully saturated rings. The lowest BCUT2D eigenvalue weighted by molar-refractivity contribution is 0.641. The Hall–Kier alpha value is -2.35. The largest absolute Gasteiger partial charge is 0.338 e. The Kier molecular flexibility index (Phi) is 2.77. The normalized spacial score (nSPS) is 12.0. The SMILES string of the molecule is Cc1ccc2c(c1)c1cc3cnccc3c(C)c1n2C(C)C. The van der Waals surface area contributed by atoms with Gasteiger partial charge in [0.05, 0.1) is 5.52 Å². The van der Waals surface area contributed by atoms with Gasteiger partial charge in [-0.15, -0.1) is 0 Å². The molecule has 110 valence electrons. The smallest absolute Gasteiger partial charge is 0.0529 e. The van der Waals surface area contributed by atoms with Gasteiger partial charge in [-0.05, 0) is 62.9 Å². The van der Waals surface area contributed by atoms with Crippen molar-refractivity contribution < 1.29 is 0 Å². The van der Waals surface area contributed by atoms with Crippen LogP contribution in [0.25, 0.3) is 32.6 Å². The van der Waals surface area contributed by atoms with Gasteiger partial charge < -0.3 is 4.57 Å². The van der Waals surface area contributed by atoms with Crippen molar-refractivity contribution >= 4 is 32.6 Å². The lowest BCUT2D eigenvalue weighted by Gasteiger charge is -2.14. The zero-order valence-corrected chi connectivity index (χ0v) is 13.5. The number of pyridine rings is 1. The van der Waals surface area contributed by atoms with Crippen LogP contribution in [-0.2, 0) is 0 Å². The molecule has 0 aliphatic carbocycles. The molecule has 0 saturated heterocycles. The minimum Gasteiger partial charge on any atom is -0.338 e. The minimum atomic E-state index is 0.431. The summed E-state index contributed by atoms with van der Waals surface area (Å²) in [6.07, 6.45) is 3.85. The van der Waals surface area contributed by atoms with E-state index in [4.69, 9.17) is 0 Å². The summed E-state index contributed by atoms with van der Waals surface area (Å²) in [5, 5.41) is 5.20. The molecule has 2 heteroatoms. The highest BCUT2D eigenvalue weighted by atomic mass is 15.0. The molecule has 4 aromatic rings. The Bertz CT molecular complexity index is 1020. The lowest BCUT2D eigenvalue weighted by Crippen LogP contribution is -2.01. The molecular weight excluding hydrogens is 268 g/mol. The van der Waals surface area contributed by atoms with Crippen molar-refractivity contribution in [2.75, 3.05) is 0 Å². The predicted molar refractivity (Wildman–Crippen MR) is 94.6 cm³/mol. The molecule has 4 rings (SSSR count). The molecular formula is C20H20N2. The van der Waals surface area contributed by atoms with Gasteiger partial charge in [0.15, 0.2) is 0 Å². The number of rotatable bonds is 1. The lowest BCUT2D eigenvalue weighted by atomic mass is 10.0. The van der Waals surface area contributed by atoms with E-state index in [0.717, 1.165) is 0 Å². The Balaban J connectivity index is 2.34. The second-order valence-electron chi connectivity index (χ2n) is 6.48. The third-order valence-corrected chi connectivity index (χ3v) is 4.63. The van der Waals surface area contributed by atoms with Gasteiger partial charge in [-0.1, -0.05) is 11.6 Å². The molecule has 2 aromatic heterocycles. The van der Waals surface area contributed by atoms with Crippen molar-refractivity contribution in [1.82, 2.24) is 9.55 Å². The average molecular weight is 288 g/mol. The van der Waals surface area contributed by atoms with Gasteiger partial charge in [0.2, 0.25) is 0 Å².